The number of imidazole rings is 1. The van der Waals surface area contributed by atoms with Gasteiger partial charge in [0.25, 0.3) is 0 Å². The van der Waals surface area contributed by atoms with Crippen molar-refractivity contribution in [1.82, 2.24) is 15.0 Å². The lowest BCUT2D eigenvalue weighted by Crippen LogP contribution is -1.94. The first-order valence-corrected chi connectivity index (χ1v) is 9.17. The molecule has 0 radical (unpaired) electrons. The van der Waals surface area contributed by atoms with Crippen LogP contribution in [0.15, 0.2) is 36.6 Å². The summed E-state index contributed by atoms with van der Waals surface area (Å²) in [4.78, 5) is 12.5. The van der Waals surface area contributed by atoms with E-state index in [2.05, 4.69) is 21.9 Å². The monoisotopic (exact) mass is 339 g/mol. The third-order valence-corrected chi connectivity index (χ3v) is 4.08. The molecule has 0 aliphatic heterocycles. The highest BCUT2D eigenvalue weighted by molar-refractivity contribution is 5.66. The lowest BCUT2D eigenvalue weighted by molar-refractivity contribution is 0.399. The van der Waals surface area contributed by atoms with Gasteiger partial charge in [0.2, 0.25) is 5.88 Å². The predicted molar refractivity (Wildman–Crippen MR) is 105 cm³/mol. The highest BCUT2D eigenvalue weighted by Crippen LogP contribution is 2.27. The first kappa shape index (κ1) is 19.0. The van der Waals surface area contributed by atoms with E-state index in [1.54, 1.807) is 7.11 Å². The van der Waals surface area contributed by atoms with Crippen molar-refractivity contribution in [1.29, 1.82) is 0 Å². The molecule has 0 aliphatic carbocycles. The molecule has 0 saturated heterocycles. The highest BCUT2D eigenvalue weighted by Gasteiger charge is 2.11. The second-order valence-electron chi connectivity index (χ2n) is 6.09. The summed E-state index contributed by atoms with van der Waals surface area (Å²) in [6, 6.07) is 4.02. The van der Waals surface area contributed by atoms with Crippen LogP contribution in [0.1, 0.15) is 57.5 Å². The summed E-state index contributed by atoms with van der Waals surface area (Å²) in [6.45, 7) is 4.23. The molecule has 0 fully saturated rings. The average molecular weight is 339 g/mol. The van der Waals surface area contributed by atoms with E-state index in [4.69, 9.17) is 4.74 Å². The van der Waals surface area contributed by atoms with E-state index in [0.29, 0.717) is 5.88 Å². The zero-order valence-electron chi connectivity index (χ0n) is 15.6. The van der Waals surface area contributed by atoms with Gasteiger partial charge in [-0.3, -0.25) is 0 Å². The van der Waals surface area contributed by atoms with Gasteiger partial charge in [0, 0.05) is 6.42 Å². The number of nitrogens with zero attached hydrogens (tertiary/aromatic N) is 2. The Morgan fingerprint density at radius 1 is 1.12 bits per heavy atom. The molecule has 0 spiro atoms. The van der Waals surface area contributed by atoms with Crippen molar-refractivity contribution in [2.45, 2.75) is 52.4 Å². The number of rotatable bonds is 10. The Morgan fingerprint density at radius 3 is 2.72 bits per heavy atom. The molecule has 0 saturated carbocycles. The lowest BCUT2D eigenvalue weighted by atomic mass is 10.1. The minimum Gasteiger partial charge on any atom is -0.480 e. The molecule has 0 aromatic carbocycles. The fourth-order valence-corrected chi connectivity index (χ4v) is 2.70. The number of H-pyrrole nitrogens is 1. The normalized spacial score (nSPS) is 11.6. The summed E-state index contributed by atoms with van der Waals surface area (Å²) in [5.74, 6) is 1.64. The van der Waals surface area contributed by atoms with Gasteiger partial charge in [-0.05, 0) is 31.6 Å². The Morgan fingerprint density at radius 2 is 1.96 bits per heavy atom. The van der Waals surface area contributed by atoms with Crippen molar-refractivity contribution in [2.24, 2.45) is 0 Å². The molecule has 2 aromatic heterocycles. The number of aryl methyl sites for hydroxylation is 1. The van der Waals surface area contributed by atoms with Crippen LogP contribution < -0.4 is 4.74 Å². The smallest absolute Gasteiger partial charge is 0.223 e. The number of unbranched alkanes of at least 4 members (excludes halogenated alkanes) is 4. The zero-order chi connectivity index (χ0) is 17.9. The van der Waals surface area contributed by atoms with E-state index in [9.17, 15) is 0 Å². The molecule has 0 aliphatic rings. The summed E-state index contributed by atoms with van der Waals surface area (Å²) < 4.78 is 5.47. The van der Waals surface area contributed by atoms with E-state index in [0.717, 1.165) is 29.2 Å². The maximum absolute atomic E-state index is 5.47. The van der Waals surface area contributed by atoms with Gasteiger partial charge in [0.05, 0.1) is 30.3 Å². The van der Waals surface area contributed by atoms with Crippen molar-refractivity contribution < 1.29 is 4.74 Å². The molecule has 0 unspecified atom stereocenters. The minimum atomic E-state index is 0.612. The molecule has 25 heavy (non-hydrogen) atoms. The standard InChI is InChI=1S/C21H29N3O/c1-4-6-8-9-11-13-20-22-16-19(24-20)18-15-14-17(12-10-7-5-2)23-21(18)25-3/h5,7,10,12,14-16H,4,6,8-9,11,13H2,1-3H3,(H,22,24)/b7-5-,12-10-. The van der Waals surface area contributed by atoms with Crippen LogP contribution in [0.3, 0.4) is 0 Å². The van der Waals surface area contributed by atoms with Crippen LogP contribution >= 0.6 is 0 Å². The summed E-state index contributed by atoms with van der Waals surface area (Å²) in [6.07, 6.45) is 17.1. The molecule has 1 N–H and O–H groups in total. The first-order valence-electron chi connectivity index (χ1n) is 9.17. The molecule has 4 nitrogen and oxygen atoms in total. The molecule has 0 bridgehead atoms. The second kappa shape index (κ2) is 10.5. The number of pyridine rings is 1. The number of hydrogen-bond donors (Lipinski definition) is 1. The van der Waals surface area contributed by atoms with E-state index in [1.807, 2.05) is 49.6 Å². The predicted octanol–water partition coefficient (Wildman–Crippen LogP) is 5.58. The van der Waals surface area contributed by atoms with E-state index >= 15 is 0 Å². The molecule has 2 heterocycles. The number of hydrogen-bond acceptors (Lipinski definition) is 3. The first-order chi connectivity index (χ1) is 12.3. The fraction of sp³-hybridized carbons (Fsp3) is 0.429. The molecule has 134 valence electrons. The summed E-state index contributed by atoms with van der Waals surface area (Å²) in [5, 5.41) is 0. The number of methoxy groups -OCH3 is 1. The van der Waals surface area contributed by atoms with Crippen LogP contribution in [0, 0.1) is 0 Å². The van der Waals surface area contributed by atoms with Crippen molar-refractivity contribution in [3.63, 3.8) is 0 Å². The zero-order valence-corrected chi connectivity index (χ0v) is 15.6. The molecule has 0 amide bonds. The fourth-order valence-electron chi connectivity index (χ4n) is 2.70. The van der Waals surface area contributed by atoms with Crippen LogP contribution in [0.25, 0.3) is 17.3 Å². The van der Waals surface area contributed by atoms with Crippen LogP contribution in [0.4, 0.5) is 0 Å². The Hall–Kier alpha value is -2.36. The number of aromatic nitrogens is 3. The van der Waals surface area contributed by atoms with Crippen LogP contribution in [-0.4, -0.2) is 22.1 Å². The van der Waals surface area contributed by atoms with Crippen molar-refractivity contribution in [3.8, 4) is 17.1 Å². The van der Waals surface area contributed by atoms with Gasteiger partial charge in [-0.1, -0.05) is 50.8 Å². The third-order valence-electron chi connectivity index (χ3n) is 4.08. The van der Waals surface area contributed by atoms with Gasteiger partial charge >= 0.3 is 0 Å². The molecular weight excluding hydrogens is 310 g/mol. The summed E-state index contributed by atoms with van der Waals surface area (Å²) in [5.41, 5.74) is 2.77. The van der Waals surface area contributed by atoms with Gasteiger partial charge in [-0.25, -0.2) is 9.97 Å². The largest absolute Gasteiger partial charge is 0.480 e. The van der Waals surface area contributed by atoms with E-state index in [1.165, 1.54) is 32.1 Å². The second-order valence-corrected chi connectivity index (χ2v) is 6.09. The highest BCUT2D eigenvalue weighted by atomic mass is 16.5. The average Bonchev–Trinajstić information content (AvgIpc) is 3.10. The van der Waals surface area contributed by atoms with Crippen LogP contribution in [0.2, 0.25) is 0 Å². The molecule has 0 atom stereocenters. The van der Waals surface area contributed by atoms with Crippen LogP contribution in [-0.2, 0) is 6.42 Å². The van der Waals surface area contributed by atoms with E-state index in [-0.39, 0.29) is 0 Å². The Kier molecular flexibility index (Phi) is 7.96. The number of nitrogens with one attached hydrogen (secondary N) is 1. The molecule has 2 aromatic rings. The van der Waals surface area contributed by atoms with Gasteiger partial charge < -0.3 is 9.72 Å². The number of allylic oxidation sites excluding steroid dienone is 3. The third kappa shape index (κ3) is 5.89. The molecule has 2 rings (SSSR count). The van der Waals surface area contributed by atoms with Crippen LogP contribution in [0.5, 0.6) is 5.88 Å². The Labute approximate surface area is 151 Å². The Bertz CT molecular complexity index is 701. The lowest BCUT2D eigenvalue weighted by Gasteiger charge is -2.06. The maximum Gasteiger partial charge on any atom is 0.223 e. The van der Waals surface area contributed by atoms with Gasteiger partial charge in [0.1, 0.15) is 5.82 Å². The number of aromatic amines is 1. The van der Waals surface area contributed by atoms with Crippen molar-refractivity contribution in [2.75, 3.05) is 7.11 Å². The summed E-state index contributed by atoms with van der Waals surface area (Å²) >= 11 is 0. The maximum atomic E-state index is 5.47. The minimum absolute atomic E-state index is 0.612. The van der Waals surface area contributed by atoms with Crippen molar-refractivity contribution >= 4 is 6.08 Å². The summed E-state index contributed by atoms with van der Waals surface area (Å²) in [7, 11) is 1.65. The SMILES string of the molecule is C/C=C\C=C/c1ccc(-c2cnc(CCCCCCC)[nH]2)c(OC)n1. The molecule has 4 heteroatoms. The van der Waals surface area contributed by atoms with Gasteiger partial charge in [-0.2, -0.15) is 0 Å². The van der Waals surface area contributed by atoms with Crippen molar-refractivity contribution in [3.05, 3.63) is 48.1 Å². The quantitative estimate of drug-likeness (QED) is 0.454. The Balaban J connectivity index is 2.05. The topological polar surface area (TPSA) is 50.8 Å². The molecular formula is C21H29N3O. The number of ether oxygens (including phenoxy) is 1. The van der Waals surface area contributed by atoms with Gasteiger partial charge in [0.15, 0.2) is 0 Å². The van der Waals surface area contributed by atoms with E-state index < -0.39 is 0 Å². The van der Waals surface area contributed by atoms with Gasteiger partial charge in [-0.15, -0.1) is 0 Å².